The monoisotopic (exact) mass is 317 g/mol. The number of carbonyl (C=O) groups is 2. The average Bonchev–Trinajstić information content (AvgIpc) is 3.09. The first kappa shape index (κ1) is 14.2. The normalized spacial score (nSPS) is 10.6. The van der Waals surface area contributed by atoms with Crippen molar-refractivity contribution < 1.29 is 23.8 Å². The minimum Gasteiger partial charge on any atom is -0.497 e. The number of carbonyl (C=O) groups excluding carboxylic acids is 1. The van der Waals surface area contributed by atoms with Gasteiger partial charge in [0.15, 0.2) is 0 Å². The van der Waals surface area contributed by atoms with Gasteiger partial charge in [-0.15, -0.1) is 11.3 Å². The number of carboxylic acid groups (broad SMARTS) is 1. The molecule has 0 aliphatic rings. The maximum Gasteiger partial charge on any atom is 0.339 e. The Hall–Kier alpha value is -2.80. The standard InChI is InChI=1S/C15H11NO5S/c1-20-9-2-3-11-8(4-9)5-12(21-11)10-6-22-14(16-7-17)13(10)15(18)19/h2-7H,1H3,(H,16,17)(H,18,19). The number of aromatic carboxylic acids is 1. The smallest absolute Gasteiger partial charge is 0.339 e. The Labute approximate surface area is 128 Å². The number of nitrogens with one attached hydrogen (secondary N) is 1. The molecule has 2 aromatic heterocycles. The predicted octanol–water partition coefficient (Wildman–Crippen LogP) is 3.44. The van der Waals surface area contributed by atoms with E-state index in [0.717, 1.165) is 16.7 Å². The number of thiophene rings is 1. The summed E-state index contributed by atoms with van der Waals surface area (Å²) in [5, 5.41) is 14.5. The van der Waals surface area contributed by atoms with Gasteiger partial charge in [-0.2, -0.15) is 0 Å². The van der Waals surface area contributed by atoms with E-state index in [9.17, 15) is 14.7 Å². The Morgan fingerprint density at radius 3 is 2.91 bits per heavy atom. The molecule has 6 nitrogen and oxygen atoms in total. The Balaban J connectivity index is 2.14. The molecule has 0 aliphatic carbocycles. The molecule has 2 N–H and O–H groups in total. The van der Waals surface area contributed by atoms with Gasteiger partial charge in [-0.25, -0.2) is 4.79 Å². The summed E-state index contributed by atoms with van der Waals surface area (Å²) in [7, 11) is 1.57. The minimum atomic E-state index is -1.13. The summed E-state index contributed by atoms with van der Waals surface area (Å²) in [5.74, 6) is -0.0126. The van der Waals surface area contributed by atoms with E-state index in [1.54, 1.807) is 36.8 Å². The van der Waals surface area contributed by atoms with Crippen LogP contribution in [-0.2, 0) is 4.79 Å². The largest absolute Gasteiger partial charge is 0.497 e. The van der Waals surface area contributed by atoms with Gasteiger partial charge in [-0.05, 0) is 24.3 Å². The van der Waals surface area contributed by atoms with Crippen LogP contribution in [0.1, 0.15) is 10.4 Å². The Bertz CT molecular complexity index is 864. The van der Waals surface area contributed by atoms with E-state index in [4.69, 9.17) is 9.15 Å². The van der Waals surface area contributed by atoms with Gasteiger partial charge in [0.25, 0.3) is 0 Å². The zero-order chi connectivity index (χ0) is 15.7. The van der Waals surface area contributed by atoms with E-state index in [2.05, 4.69) is 5.32 Å². The topological polar surface area (TPSA) is 88.8 Å². The van der Waals surface area contributed by atoms with Crippen molar-refractivity contribution in [1.29, 1.82) is 0 Å². The van der Waals surface area contributed by atoms with E-state index in [1.807, 2.05) is 0 Å². The van der Waals surface area contributed by atoms with Crippen molar-refractivity contribution in [3.63, 3.8) is 0 Å². The second kappa shape index (κ2) is 5.53. The fraction of sp³-hybridized carbons (Fsp3) is 0.0667. The Kier molecular flexibility index (Phi) is 3.56. The first-order valence-electron chi connectivity index (χ1n) is 6.27. The molecule has 3 rings (SSSR count). The first-order valence-corrected chi connectivity index (χ1v) is 7.15. The minimum absolute atomic E-state index is 0.0168. The van der Waals surface area contributed by atoms with Crippen molar-refractivity contribution in [3.05, 3.63) is 35.2 Å². The lowest BCUT2D eigenvalue weighted by molar-refractivity contribution is -0.105. The molecule has 0 aliphatic heterocycles. The summed E-state index contributed by atoms with van der Waals surface area (Å²) in [4.78, 5) is 22.0. The number of carboxylic acids is 1. The first-order chi connectivity index (χ1) is 10.6. The number of methoxy groups -OCH3 is 1. The Morgan fingerprint density at radius 2 is 2.23 bits per heavy atom. The molecule has 0 saturated heterocycles. The highest BCUT2D eigenvalue weighted by molar-refractivity contribution is 7.15. The van der Waals surface area contributed by atoms with Gasteiger partial charge in [0.1, 0.15) is 27.7 Å². The Morgan fingerprint density at radius 1 is 1.41 bits per heavy atom. The highest BCUT2D eigenvalue weighted by Gasteiger charge is 2.22. The number of hydrogen-bond donors (Lipinski definition) is 2. The molecular weight excluding hydrogens is 306 g/mol. The van der Waals surface area contributed by atoms with Crippen LogP contribution in [0.2, 0.25) is 0 Å². The maximum absolute atomic E-state index is 11.5. The number of hydrogen-bond acceptors (Lipinski definition) is 5. The molecule has 0 atom stereocenters. The molecule has 1 amide bonds. The fourth-order valence-corrected chi connectivity index (χ4v) is 3.09. The third-order valence-corrected chi connectivity index (χ3v) is 4.10. The van der Waals surface area contributed by atoms with Crippen LogP contribution in [0.15, 0.2) is 34.1 Å². The van der Waals surface area contributed by atoms with Crippen molar-refractivity contribution in [2.24, 2.45) is 0 Å². The molecule has 2 heterocycles. The molecule has 22 heavy (non-hydrogen) atoms. The summed E-state index contributed by atoms with van der Waals surface area (Å²) < 4.78 is 10.9. The molecule has 0 fully saturated rings. The third kappa shape index (κ3) is 2.31. The van der Waals surface area contributed by atoms with E-state index in [1.165, 1.54) is 0 Å². The zero-order valence-electron chi connectivity index (χ0n) is 11.5. The summed E-state index contributed by atoms with van der Waals surface area (Å²) >= 11 is 1.13. The summed E-state index contributed by atoms with van der Waals surface area (Å²) in [5.41, 5.74) is 1.07. The molecule has 0 radical (unpaired) electrons. The van der Waals surface area contributed by atoms with Crippen molar-refractivity contribution in [2.75, 3.05) is 12.4 Å². The average molecular weight is 317 g/mol. The summed E-state index contributed by atoms with van der Waals surface area (Å²) in [6, 6.07) is 7.08. The lowest BCUT2D eigenvalue weighted by Crippen LogP contribution is -2.02. The molecule has 0 bridgehead atoms. The number of furan rings is 1. The third-order valence-electron chi connectivity index (χ3n) is 3.18. The van der Waals surface area contributed by atoms with Gasteiger partial charge < -0.3 is 19.6 Å². The van der Waals surface area contributed by atoms with Crippen LogP contribution >= 0.6 is 11.3 Å². The predicted molar refractivity (Wildman–Crippen MR) is 82.7 cm³/mol. The zero-order valence-corrected chi connectivity index (χ0v) is 12.3. The number of anilines is 1. The van der Waals surface area contributed by atoms with Crippen molar-refractivity contribution in [2.45, 2.75) is 0 Å². The van der Waals surface area contributed by atoms with Gasteiger partial charge in [0.2, 0.25) is 6.41 Å². The number of rotatable bonds is 5. The summed E-state index contributed by atoms with van der Waals surface area (Å²) in [6.45, 7) is 0. The molecule has 0 unspecified atom stereocenters. The second-order valence-corrected chi connectivity index (χ2v) is 5.31. The van der Waals surface area contributed by atoms with Gasteiger partial charge >= 0.3 is 5.97 Å². The van der Waals surface area contributed by atoms with Gasteiger partial charge in [0.05, 0.1) is 7.11 Å². The van der Waals surface area contributed by atoms with Gasteiger partial charge in [0, 0.05) is 16.3 Å². The van der Waals surface area contributed by atoms with E-state index in [-0.39, 0.29) is 10.6 Å². The van der Waals surface area contributed by atoms with Crippen LogP contribution in [0.25, 0.3) is 22.3 Å². The van der Waals surface area contributed by atoms with E-state index >= 15 is 0 Å². The second-order valence-electron chi connectivity index (χ2n) is 4.44. The van der Waals surface area contributed by atoms with E-state index in [0.29, 0.717) is 29.1 Å². The molecule has 0 spiro atoms. The molecule has 3 aromatic rings. The molecule has 0 saturated carbocycles. The fourth-order valence-electron chi connectivity index (χ4n) is 2.19. The van der Waals surface area contributed by atoms with Gasteiger partial charge in [-0.3, -0.25) is 4.79 Å². The van der Waals surface area contributed by atoms with E-state index < -0.39 is 5.97 Å². The summed E-state index contributed by atoms with van der Waals surface area (Å²) in [6.07, 6.45) is 0.450. The van der Waals surface area contributed by atoms with Crippen LogP contribution in [0.5, 0.6) is 5.75 Å². The lowest BCUT2D eigenvalue weighted by Gasteiger charge is -1.99. The SMILES string of the molecule is COc1ccc2oc(-c3csc(NC=O)c3C(=O)O)cc2c1. The van der Waals surface area contributed by atoms with Crippen molar-refractivity contribution in [1.82, 2.24) is 0 Å². The maximum atomic E-state index is 11.5. The van der Waals surface area contributed by atoms with Crippen LogP contribution in [0.3, 0.4) is 0 Å². The van der Waals surface area contributed by atoms with Gasteiger partial charge in [-0.1, -0.05) is 0 Å². The number of fused-ring (bicyclic) bond motifs is 1. The highest BCUT2D eigenvalue weighted by Crippen LogP contribution is 2.38. The van der Waals surface area contributed by atoms with Crippen LogP contribution in [0.4, 0.5) is 5.00 Å². The van der Waals surface area contributed by atoms with Crippen molar-refractivity contribution >= 4 is 39.7 Å². The quantitative estimate of drug-likeness (QED) is 0.704. The number of ether oxygens (including phenoxy) is 1. The lowest BCUT2D eigenvalue weighted by atomic mass is 10.1. The number of amides is 1. The van der Waals surface area contributed by atoms with Crippen molar-refractivity contribution in [3.8, 4) is 17.1 Å². The highest BCUT2D eigenvalue weighted by atomic mass is 32.1. The van der Waals surface area contributed by atoms with Crippen LogP contribution in [-0.4, -0.2) is 24.6 Å². The van der Waals surface area contributed by atoms with Crippen LogP contribution in [0, 0.1) is 0 Å². The number of benzene rings is 1. The molecule has 7 heteroatoms. The van der Waals surface area contributed by atoms with Crippen LogP contribution < -0.4 is 10.1 Å². The molecular formula is C15H11NO5S. The molecule has 1 aromatic carbocycles. The molecule has 112 valence electrons.